The number of alkyl halides is 3. The molecule has 2 aromatic heterocycles. The number of halogens is 3. The van der Waals surface area contributed by atoms with Crippen LogP contribution in [0.15, 0.2) is 11.4 Å². The Morgan fingerprint density at radius 1 is 1.27 bits per heavy atom. The third-order valence-corrected chi connectivity index (χ3v) is 6.03. The Bertz CT molecular complexity index is 987. The van der Waals surface area contributed by atoms with E-state index in [9.17, 15) is 22.8 Å². The number of amides is 2. The molecular weight excluding hydrogens is 463 g/mol. The zero-order valence-electron chi connectivity index (χ0n) is 18.5. The van der Waals surface area contributed by atoms with Crippen molar-refractivity contribution in [3.05, 3.63) is 22.6 Å². The number of likely N-dealkylation sites (tertiary alicyclic amines) is 1. The van der Waals surface area contributed by atoms with E-state index in [1.54, 1.807) is 0 Å². The Kier molecular flexibility index (Phi) is 8.01. The minimum atomic E-state index is -4.63. The number of hydrogen-bond donors (Lipinski definition) is 1. The standard InChI is InChI=1S/C21H26F3N3O5S/c1-12(2)30-8-9-31-20(29)27-6-4-13(5-7-27)32-16-10-15(21(22,23)24)18-17(26-16)14(11-33-18)19(28)25-3/h10-13H,4-9H2,1-3H3,(H,25,28). The van der Waals surface area contributed by atoms with Gasteiger partial charge in [-0.05, 0) is 13.8 Å². The largest absolute Gasteiger partial charge is 0.474 e. The summed E-state index contributed by atoms with van der Waals surface area (Å²) in [4.78, 5) is 29.9. The predicted octanol–water partition coefficient (Wildman–Crippen LogP) is 4.08. The lowest BCUT2D eigenvalue weighted by atomic mass is 10.1. The van der Waals surface area contributed by atoms with Gasteiger partial charge in [-0.1, -0.05) is 0 Å². The van der Waals surface area contributed by atoms with Gasteiger partial charge in [0.15, 0.2) is 0 Å². The van der Waals surface area contributed by atoms with E-state index in [1.165, 1.54) is 17.3 Å². The number of ether oxygens (including phenoxy) is 3. The first-order valence-corrected chi connectivity index (χ1v) is 11.4. The van der Waals surface area contributed by atoms with E-state index < -0.39 is 29.8 Å². The Morgan fingerprint density at radius 3 is 2.58 bits per heavy atom. The minimum absolute atomic E-state index is 0.0452. The number of carbonyl (C=O) groups excluding carboxylic acids is 2. The van der Waals surface area contributed by atoms with Gasteiger partial charge in [-0.15, -0.1) is 11.3 Å². The number of rotatable bonds is 7. The highest BCUT2D eigenvalue weighted by atomic mass is 32.1. The predicted molar refractivity (Wildman–Crippen MR) is 116 cm³/mol. The molecule has 0 aliphatic carbocycles. The summed E-state index contributed by atoms with van der Waals surface area (Å²) in [5.74, 6) is -0.727. The second-order valence-corrected chi connectivity index (χ2v) is 8.63. The van der Waals surface area contributed by atoms with Crippen molar-refractivity contribution in [3.63, 3.8) is 0 Å². The lowest BCUT2D eigenvalue weighted by Crippen LogP contribution is -2.42. The van der Waals surface area contributed by atoms with Crippen LogP contribution in [0.4, 0.5) is 18.0 Å². The summed E-state index contributed by atoms with van der Waals surface area (Å²) in [5.41, 5.74) is -0.881. The SMILES string of the molecule is CNC(=O)c1csc2c(C(F)(F)F)cc(OC3CCN(C(=O)OCCOC(C)C)CC3)nc12. The quantitative estimate of drug-likeness (QED) is 0.590. The van der Waals surface area contributed by atoms with Crippen molar-refractivity contribution in [3.8, 4) is 5.88 Å². The van der Waals surface area contributed by atoms with E-state index in [0.717, 1.165) is 17.4 Å². The van der Waals surface area contributed by atoms with Gasteiger partial charge in [-0.3, -0.25) is 4.79 Å². The monoisotopic (exact) mass is 489 g/mol. The normalized spacial score (nSPS) is 15.2. The molecule has 2 aromatic rings. The first-order chi connectivity index (χ1) is 15.6. The average Bonchev–Trinajstić information content (AvgIpc) is 3.19. The topological polar surface area (TPSA) is 90.0 Å². The van der Waals surface area contributed by atoms with Crippen molar-refractivity contribution < 1.29 is 37.0 Å². The second kappa shape index (κ2) is 10.6. The van der Waals surface area contributed by atoms with E-state index in [2.05, 4.69) is 10.3 Å². The molecule has 1 N–H and O–H groups in total. The number of pyridine rings is 1. The summed E-state index contributed by atoms with van der Waals surface area (Å²) in [6, 6.07) is 0.863. The number of aromatic nitrogens is 1. The lowest BCUT2D eigenvalue weighted by Gasteiger charge is -2.31. The highest BCUT2D eigenvalue weighted by Gasteiger charge is 2.36. The third-order valence-electron chi connectivity index (χ3n) is 5.02. The number of thiophene rings is 1. The van der Waals surface area contributed by atoms with Gasteiger partial charge >= 0.3 is 12.3 Å². The van der Waals surface area contributed by atoms with Crippen molar-refractivity contribution in [1.29, 1.82) is 0 Å². The van der Waals surface area contributed by atoms with Crippen LogP contribution in [0.3, 0.4) is 0 Å². The average molecular weight is 490 g/mol. The van der Waals surface area contributed by atoms with Crippen LogP contribution in [-0.2, 0) is 15.7 Å². The van der Waals surface area contributed by atoms with Gasteiger partial charge in [-0.2, -0.15) is 13.2 Å². The molecule has 0 aromatic carbocycles. The molecule has 8 nitrogen and oxygen atoms in total. The molecule has 3 rings (SSSR count). The fraction of sp³-hybridized carbons (Fsp3) is 0.571. The maximum Gasteiger partial charge on any atom is 0.418 e. The molecule has 0 radical (unpaired) electrons. The first-order valence-electron chi connectivity index (χ1n) is 10.5. The van der Waals surface area contributed by atoms with Gasteiger partial charge in [-0.25, -0.2) is 9.78 Å². The van der Waals surface area contributed by atoms with Gasteiger partial charge in [0.1, 0.15) is 12.7 Å². The molecule has 182 valence electrons. The molecule has 0 unspecified atom stereocenters. The number of carbonyl (C=O) groups is 2. The summed E-state index contributed by atoms with van der Waals surface area (Å²) in [5, 5.41) is 3.76. The van der Waals surface area contributed by atoms with Crippen LogP contribution in [0.2, 0.25) is 0 Å². The van der Waals surface area contributed by atoms with Crippen LogP contribution in [0.1, 0.15) is 42.6 Å². The van der Waals surface area contributed by atoms with Gasteiger partial charge in [0, 0.05) is 44.4 Å². The van der Waals surface area contributed by atoms with Crippen LogP contribution >= 0.6 is 11.3 Å². The van der Waals surface area contributed by atoms with Crippen LogP contribution in [0.25, 0.3) is 10.2 Å². The van der Waals surface area contributed by atoms with Crippen LogP contribution in [0.5, 0.6) is 5.88 Å². The van der Waals surface area contributed by atoms with Crippen molar-refractivity contribution in [1.82, 2.24) is 15.2 Å². The van der Waals surface area contributed by atoms with Crippen molar-refractivity contribution >= 4 is 33.6 Å². The fourth-order valence-corrected chi connectivity index (χ4v) is 4.41. The van der Waals surface area contributed by atoms with Crippen LogP contribution in [0, 0.1) is 0 Å². The Labute approximate surface area is 193 Å². The molecule has 1 aliphatic rings. The Balaban J connectivity index is 1.66. The van der Waals surface area contributed by atoms with E-state index in [-0.39, 0.29) is 34.4 Å². The van der Waals surface area contributed by atoms with Gasteiger partial charge in [0.05, 0.1) is 34.1 Å². The molecule has 3 heterocycles. The summed E-state index contributed by atoms with van der Waals surface area (Å²) in [6.07, 6.45) is -4.66. The summed E-state index contributed by atoms with van der Waals surface area (Å²) in [7, 11) is 1.40. The molecule has 0 spiro atoms. The molecule has 33 heavy (non-hydrogen) atoms. The van der Waals surface area contributed by atoms with Gasteiger partial charge < -0.3 is 24.4 Å². The number of hydrogen-bond acceptors (Lipinski definition) is 7. The molecule has 1 aliphatic heterocycles. The lowest BCUT2D eigenvalue weighted by molar-refractivity contribution is -0.136. The van der Waals surface area contributed by atoms with Crippen molar-refractivity contribution in [2.75, 3.05) is 33.4 Å². The highest BCUT2D eigenvalue weighted by molar-refractivity contribution is 7.17. The molecule has 2 amide bonds. The number of piperidine rings is 1. The first kappa shape index (κ1) is 25.0. The smallest absolute Gasteiger partial charge is 0.418 e. The molecule has 1 fully saturated rings. The Hall–Kier alpha value is -2.60. The van der Waals surface area contributed by atoms with E-state index in [1.807, 2.05) is 13.8 Å². The molecule has 0 bridgehead atoms. The van der Waals surface area contributed by atoms with Crippen LogP contribution in [-0.4, -0.2) is 67.4 Å². The fourth-order valence-electron chi connectivity index (χ4n) is 3.38. The molecule has 0 saturated carbocycles. The summed E-state index contributed by atoms with van der Waals surface area (Å²) in [6.45, 7) is 4.89. The minimum Gasteiger partial charge on any atom is -0.474 e. The third kappa shape index (κ3) is 6.26. The number of fused-ring (bicyclic) bond motifs is 1. The van der Waals surface area contributed by atoms with Crippen molar-refractivity contribution in [2.45, 2.75) is 45.1 Å². The Morgan fingerprint density at radius 2 is 1.97 bits per heavy atom. The maximum atomic E-state index is 13.6. The molecule has 0 atom stereocenters. The van der Waals surface area contributed by atoms with E-state index in [0.29, 0.717) is 32.5 Å². The van der Waals surface area contributed by atoms with Crippen LogP contribution < -0.4 is 10.1 Å². The zero-order chi connectivity index (χ0) is 24.2. The van der Waals surface area contributed by atoms with Gasteiger partial charge in [0.2, 0.25) is 5.88 Å². The molecular formula is C21H26F3N3O5S. The second-order valence-electron chi connectivity index (χ2n) is 7.75. The number of nitrogens with one attached hydrogen (secondary N) is 1. The summed E-state index contributed by atoms with van der Waals surface area (Å²) >= 11 is 0.813. The van der Waals surface area contributed by atoms with E-state index >= 15 is 0 Å². The van der Waals surface area contributed by atoms with Crippen molar-refractivity contribution in [2.24, 2.45) is 0 Å². The maximum absolute atomic E-state index is 13.6. The number of nitrogens with zero attached hydrogens (tertiary/aromatic N) is 2. The van der Waals surface area contributed by atoms with E-state index in [4.69, 9.17) is 14.2 Å². The van der Waals surface area contributed by atoms with Gasteiger partial charge in [0.25, 0.3) is 5.91 Å². The summed E-state index contributed by atoms with van der Waals surface area (Å²) < 4.78 is 57.0. The zero-order valence-corrected chi connectivity index (χ0v) is 19.3. The highest BCUT2D eigenvalue weighted by Crippen LogP contribution is 2.40. The molecule has 12 heteroatoms. The molecule has 1 saturated heterocycles.